The van der Waals surface area contributed by atoms with Crippen LogP contribution in [-0.2, 0) is 13.0 Å². The monoisotopic (exact) mass is 350 g/mol. The van der Waals surface area contributed by atoms with Crippen LogP contribution in [0.5, 0.6) is 0 Å². The molecule has 5 nitrogen and oxygen atoms in total. The van der Waals surface area contributed by atoms with E-state index in [1.165, 1.54) is 11.1 Å². The highest BCUT2D eigenvalue weighted by atomic mass is 16.1. The van der Waals surface area contributed by atoms with Gasteiger partial charge in [-0.3, -0.25) is 9.79 Å². The van der Waals surface area contributed by atoms with Crippen LogP contribution in [0.25, 0.3) is 0 Å². The molecule has 1 aliphatic rings. The Hall–Kier alpha value is -2.82. The van der Waals surface area contributed by atoms with Crippen LogP contribution in [0, 0.1) is 0 Å². The van der Waals surface area contributed by atoms with Gasteiger partial charge in [0.2, 0.25) is 0 Å². The van der Waals surface area contributed by atoms with Crippen LogP contribution in [0.15, 0.2) is 59.6 Å². The van der Waals surface area contributed by atoms with Gasteiger partial charge < -0.3 is 15.5 Å². The van der Waals surface area contributed by atoms with Gasteiger partial charge in [-0.1, -0.05) is 42.5 Å². The fourth-order valence-electron chi connectivity index (χ4n) is 3.13. The third kappa shape index (κ3) is 4.63. The standard InChI is InChI=1S/C21H26N4O/c1-2-22-21(25-15-12-17-8-6-7-11-19(17)16-25)24-14-13-23-20(26)18-9-4-3-5-10-18/h3-11H,2,12-16H2,1H3,(H,22,24)(H,23,26). The smallest absolute Gasteiger partial charge is 0.251 e. The minimum absolute atomic E-state index is 0.0577. The number of benzene rings is 2. The molecule has 136 valence electrons. The molecule has 26 heavy (non-hydrogen) atoms. The number of hydrogen-bond donors (Lipinski definition) is 2. The van der Waals surface area contributed by atoms with Crippen molar-refractivity contribution < 1.29 is 4.79 Å². The summed E-state index contributed by atoms with van der Waals surface area (Å²) in [5, 5.41) is 6.29. The Balaban J connectivity index is 1.55. The lowest BCUT2D eigenvalue weighted by atomic mass is 10.0. The highest BCUT2D eigenvalue weighted by molar-refractivity contribution is 5.94. The van der Waals surface area contributed by atoms with Crippen LogP contribution in [0.4, 0.5) is 0 Å². The van der Waals surface area contributed by atoms with Gasteiger partial charge in [-0.25, -0.2) is 0 Å². The summed E-state index contributed by atoms with van der Waals surface area (Å²) in [6.07, 6.45) is 1.03. The molecule has 0 aromatic heterocycles. The molecular formula is C21H26N4O. The summed E-state index contributed by atoms with van der Waals surface area (Å²) in [5.41, 5.74) is 3.47. The van der Waals surface area contributed by atoms with Gasteiger partial charge in [0, 0.05) is 31.7 Å². The number of aliphatic imine (C=N–C) groups is 1. The first kappa shape index (κ1) is 18.0. The second kappa shape index (κ2) is 9.04. The van der Waals surface area contributed by atoms with Crippen LogP contribution >= 0.6 is 0 Å². The number of hydrogen-bond acceptors (Lipinski definition) is 2. The molecule has 0 fully saturated rings. The zero-order valence-corrected chi connectivity index (χ0v) is 15.2. The van der Waals surface area contributed by atoms with Crippen LogP contribution in [0.3, 0.4) is 0 Å². The molecule has 0 saturated carbocycles. The van der Waals surface area contributed by atoms with E-state index in [0.717, 1.165) is 32.0 Å². The maximum absolute atomic E-state index is 12.1. The molecule has 1 amide bonds. The van der Waals surface area contributed by atoms with Crippen LogP contribution in [-0.4, -0.2) is 42.9 Å². The number of carbonyl (C=O) groups is 1. The van der Waals surface area contributed by atoms with E-state index in [2.05, 4.69) is 46.7 Å². The van der Waals surface area contributed by atoms with Gasteiger partial charge in [0.1, 0.15) is 0 Å². The molecule has 1 aliphatic heterocycles. The lowest BCUT2D eigenvalue weighted by molar-refractivity contribution is 0.0955. The third-order valence-electron chi connectivity index (χ3n) is 4.46. The van der Waals surface area contributed by atoms with Crippen molar-refractivity contribution in [3.05, 3.63) is 71.3 Å². The van der Waals surface area contributed by atoms with Gasteiger partial charge in [-0.2, -0.15) is 0 Å². The van der Waals surface area contributed by atoms with Gasteiger partial charge in [0.05, 0.1) is 6.54 Å². The number of rotatable bonds is 5. The average molecular weight is 350 g/mol. The SMILES string of the molecule is CCNC(=NCCNC(=O)c1ccccc1)N1CCc2ccccc2C1. The van der Waals surface area contributed by atoms with Gasteiger partial charge >= 0.3 is 0 Å². The fraction of sp³-hybridized carbons (Fsp3) is 0.333. The van der Waals surface area contributed by atoms with Crippen LogP contribution in [0.1, 0.15) is 28.4 Å². The first-order chi connectivity index (χ1) is 12.8. The molecule has 2 aromatic carbocycles. The second-order valence-electron chi connectivity index (χ2n) is 6.30. The van der Waals surface area contributed by atoms with E-state index >= 15 is 0 Å². The first-order valence-electron chi connectivity index (χ1n) is 9.21. The molecule has 3 rings (SSSR count). The van der Waals surface area contributed by atoms with E-state index < -0.39 is 0 Å². The molecule has 2 N–H and O–H groups in total. The summed E-state index contributed by atoms with van der Waals surface area (Å²) in [5.74, 6) is 0.855. The van der Waals surface area contributed by atoms with Crippen molar-refractivity contribution >= 4 is 11.9 Å². The van der Waals surface area contributed by atoms with E-state index in [-0.39, 0.29) is 5.91 Å². The fourth-order valence-corrected chi connectivity index (χ4v) is 3.13. The third-order valence-corrected chi connectivity index (χ3v) is 4.46. The second-order valence-corrected chi connectivity index (χ2v) is 6.30. The number of amides is 1. The Morgan fingerprint density at radius 1 is 1.04 bits per heavy atom. The maximum Gasteiger partial charge on any atom is 0.251 e. The Kier molecular flexibility index (Phi) is 6.25. The predicted molar refractivity (Wildman–Crippen MR) is 105 cm³/mol. The van der Waals surface area contributed by atoms with Crippen LogP contribution in [0.2, 0.25) is 0 Å². The summed E-state index contributed by atoms with van der Waals surface area (Å²) in [6, 6.07) is 17.8. The molecule has 0 radical (unpaired) electrons. The van der Waals surface area contributed by atoms with Gasteiger partial charge in [0.25, 0.3) is 5.91 Å². The molecule has 5 heteroatoms. The topological polar surface area (TPSA) is 56.7 Å². The highest BCUT2D eigenvalue weighted by Crippen LogP contribution is 2.18. The summed E-state index contributed by atoms with van der Waals surface area (Å²) >= 11 is 0. The van der Waals surface area contributed by atoms with Crippen molar-refractivity contribution in [3.8, 4) is 0 Å². The number of guanidine groups is 1. The maximum atomic E-state index is 12.1. The van der Waals surface area contributed by atoms with Crippen LogP contribution < -0.4 is 10.6 Å². The molecule has 0 saturated heterocycles. The molecule has 0 spiro atoms. The Labute approximate surface area is 155 Å². The Bertz CT molecular complexity index is 758. The zero-order chi connectivity index (χ0) is 18.2. The van der Waals surface area contributed by atoms with Crippen molar-refractivity contribution in [2.75, 3.05) is 26.2 Å². The number of fused-ring (bicyclic) bond motifs is 1. The molecule has 1 heterocycles. The lowest BCUT2D eigenvalue weighted by Crippen LogP contribution is -2.44. The predicted octanol–water partition coefficient (Wildman–Crippen LogP) is 2.44. The minimum Gasteiger partial charge on any atom is -0.357 e. The van der Waals surface area contributed by atoms with Crippen molar-refractivity contribution in [1.29, 1.82) is 0 Å². The summed E-state index contributed by atoms with van der Waals surface area (Å²) in [7, 11) is 0. The molecule has 0 unspecified atom stereocenters. The Morgan fingerprint density at radius 3 is 2.54 bits per heavy atom. The summed E-state index contributed by atoms with van der Waals surface area (Å²) in [6.45, 7) is 5.81. The Morgan fingerprint density at radius 2 is 1.77 bits per heavy atom. The van der Waals surface area contributed by atoms with Gasteiger partial charge in [0.15, 0.2) is 5.96 Å². The first-order valence-corrected chi connectivity index (χ1v) is 9.21. The minimum atomic E-state index is -0.0577. The van der Waals surface area contributed by atoms with Crippen molar-refractivity contribution in [3.63, 3.8) is 0 Å². The number of nitrogens with one attached hydrogen (secondary N) is 2. The van der Waals surface area contributed by atoms with E-state index in [9.17, 15) is 4.79 Å². The molecular weight excluding hydrogens is 324 g/mol. The van der Waals surface area contributed by atoms with E-state index in [4.69, 9.17) is 4.99 Å². The zero-order valence-electron chi connectivity index (χ0n) is 15.2. The largest absolute Gasteiger partial charge is 0.357 e. The number of carbonyl (C=O) groups excluding carboxylic acids is 1. The summed E-state index contributed by atoms with van der Waals surface area (Å²) < 4.78 is 0. The van der Waals surface area contributed by atoms with Crippen molar-refractivity contribution in [2.45, 2.75) is 19.9 Å². The molecule has 0 atom stereocenters. The normalized spacial score (nSPS) is 13.9. The highest BCUT2D eigenvalue weighted by Gasteiger charge is 2.18. The number of nitrogens with zero attached hydrogens (tertiary/aromatic N) is 2. The molecule has 2 aromatic rings. The lowest BCUT2D eigenvalue weighted by Gasteiger charge is -2.31. The average Bonchev–Trinajstić information content (AvgIpc) is 2.70. The van der Waals surface area contributed by atoms with Gasteiger partial charge in [-0.15, -0.1) is 0 Å². The van der Waals surface area contributed by atoms with E-state index in [1.807, 2.05) is 30.3 Å². The van der Waals surface area contributed by atoms with Crippen molar-refractivity contribution in [1.82, 2.24) is 15.5 Å². The van der Waals surface area contributed by atoms with E-state index in [1.54, 1.807) is 0 Å². The molecule has 0 aliphatic carbocycles. The van der Waals surface area contributed by atoms with E-state index in [0.29, 0.717) is 18.7 Å². The van der Waals surface area contributed by atoms with Gasteiger partial charge in [-0.05, 0) is 36.6 Å². The molecule has 0 bridgehead atoms. The summed E-state index contributed by atoms with van der Waals surface area (Å²) in [4.78, 5) is 19.0. The van der Waals surface area contributed by atoms with Crippen molar-refractivity contribution in [2.24, 2.45) is 4.99 Å². The quantitative estimate of drug-likeness (QED) is 0.495.